The van der Waals surface area contributed by atoms with E-state index in [0.717, 1.165) is 0 Å². The first-order valence-corrected chi connectivity index (χ1v) is 10.3. The number of anilines is 1. The third-order valence-corrected chi connectivity index (χ3v) is 5.49. The first-order chi connectivity index (χ1) is 15.3. The molecule has 0 radical (unpaired) electrons. The van der Waals surface area contributed by atoms with Gasteiger partial charge in [0.1, 0.15) is 23.9 Å². The Balaban J connectivity index is 1.71. The van der Waals surface area contributed by atoms with Gasteiger partial charge in [-0.05, 0) is 54.1 Å². The maximum atomic E-state index is 14.1. The van der Waals surface area contributed by atoms with Crippen LogP contribution in [0.4, 0.5) is 14.5 Å². The standard InChI is InChI=1S/C23H16Cl2F2N2O3/c24-14-3-8-20(18(25)9-14)32-12-22(31)29-11-21(30)28-19-7-6-16(27)10-17(19)23(29)13-1-4-15(26)5-2-13/h1-10,23H,11-12H2,(H,28,30)/t23-/m0/s1. The largest absolute Gasteiger partial charge is 0.482 e. The SMILES string of the molecule is O=C1CN(C(=O)COc2ccc(Cl)cc2Cl)[C@@H](c2ccc(F)cc2)c2cc(F)ccc2N1. The van der Waals surface area contributed by atoms with Crippen molar-refractivity contribution >= 4 is 40.7 Å². The average molecular weight is 477 g/mol. The predicted molar refractivity (Wildman–Crippen MR) is 117 cm³/mol. The third kappa shape index (κ3) is 4.69. The van der Waals surface area contributed by atoms with Crippen molar-refractivity contribution in [2.24, 2.45) is 0 Å². The lowest BCUT2D eigenvalue weighted by Crippen LogP contribution is -2.41. The normalized spacial score (nSPS) is 15.6. The van der Waals surface area contributed by atoms with Crippen LogP contribution in [0, 0.1) is 11.6 Å². The summed E-state index contributed by atoms with van der Waals surface area (Å²) >= 11 is 12.0. The van der Waals surface area contributed by atoms with E-state index in [-0.39, 0.29) is 17.3 Å². The van der Waals surface area contributed by atoms with E-state index < -0.39 is 36.1 Å². The molecule has 1 aliphatic rings. The van der Waals surface area contributed by atoms with E-state index >= 15 is 0 Å². The molecule has 2 amide bonds. The zero-order valence-corrected chi connectivity index (χ0v) is 18.0. The van der Waals surface area contributed by atoms with Crippen molar-refractivity contribution < 1.29 is 23.1 Å². The molecule has 0 saturated carbocycles. The third-order valence-electron chi connectivity index (χ3n) is 4.96. The van der Waals surface area contributed by atoms with Gasteiger partial charge in [-0.3, -0.25) is 9.59 Å². The second-order valence-corrected chi connectivity index (χ2v) is 7.96. The Labute approximate surface area is 192 Å². The first kappa shape index (κ1) is 22.0. The van der Waals surface area contributed by atoms with Gasteiger partial charge in [0.15, 0.2) is 6.61 Å². The van der Waals surface area contributed by atoms with Gasteiger partial charge in [-0.25, -0.2) is 8.78 Å². The van der Waals surface area contributed by atoms with Crippen molar-refractivity contribution in [1.29, 1.82) is 0 Å². The van der Waals surface area contributed by atoms with Crippen molar-refractivity contribution in [2.45, 2.75) is 6.04 Å². The molecule has 0 unspecified atom stereocenters. The van der Waals surface area contributed by atoms with Crippen LogP contribution in [0.3, 0.4) is 0 Å². The molecule has 164 valence electrons. The monoisotopic (exact) mass is 476 g/mol. The van der Waals surface area contributed by atoms with E-state index in [0.29, 0.717) is 21.8 Å². The average Bonchev–Trinajstić information content (AvgIpc) is 2.89. The number of ether oxygens (including phenoxy) is 1. The van der Waals surface area contributed by atoms with Crippen molar-refractivity contribution in [3.05, 3.63) is 93.5 Å². The van der Waals surface area contributed by atoms with Gasteiger partial charge in [-0.2, -0.15) is 0 Å². The highest BCUT2D eigenvalue weighted by molar-refractivity contribution is 6.35. The summed E-state index contributed by atoms with van der Waals surface area (Å²) in [5.74, 6) is -1.76. The molecule has 1 N–H and O–H groups in total. The van der Waals surface area contributed by atoms with Crippen molar-refractivity contribution in [3.63, 3.8) is 0 Å². The number of halogens is 4. The summed E-state index contributed by atoms with van der Waals surface area (Å²) in [7, 11) is 0. The number of fused-ring (bicyclic) bond motifs is 1. The Bertz CT molecular complexity index is 1190. The summed E-state index contributed by atoms with van der Waals surface area (Å²) in [5, 5.41) is 3.32. The van der Waals surface area contributed by atoms with Crippen LogP contribution in [0.25, 0.3) is 0 Å². The Hall–Kier alpha value is -3.16. The van der Waals surface area contributed by atoms with Crippen LogP contribution in [0.15, 0.2) is 60.7 Å². The van der Waals surface area contributed by atoms with Crippen molar-refractivity contribution in [1.82, 2.24) is 4.90 Å². The molecule has 9 heteroatoms. The summed E-state index contributed by atoms with van der Waals surface area (Å²) in [6.07, 6.45) is 0. The van der Waals surface area contributed by atoms with Gasteiger partial charge in [-0.15, -0.1) is 0 Å². The van der Waals surface area contributed by atoms with Crippen LogP contribution >= 0.6 is 23.2 Å². The van der Waals surface area contributed by atoms with Crippen LogP contribution in [0.5, 0.6) is 5.75 Å². The van der Waals surface area contributed by atoms with Gasteiger partial charge < -0.3 is 15.0 Å². The Morgan fingerprint density at radius 2 is 1.75 bits per heavy atom. The minimum Gasteiger partial charge on any atom is -0.482 e. The molecule has 0 aromatic heterocycles. The lowest BCUT2D eigenvalue weighted by molar-refractivity contribution is -0.138. The van der Waals surface area contributed by atoms with E-state index in [1.54, 1.807) is 6.07 Å². The molecule has 3 aromatic rings. The fourth-order valence-corrected chi connectivity index (χ4v) is 3.99. The summed E-state index contributed by atoms with van der Waals surface area (Å²) in [6, 6.07) is 13.0. The van der Waals surface area contributed by atoms with Crippen LogP contribution in [-0.2, 0) is 9.59 Å². The summed E-state index contributed by atoms with van der Waals surface area (Å²) in [6.45, 7) is -0.744. The summed E-state index contributed by atoms with van der Waals surface area (Å²) < 4.78 is 33.2. The van der Waals surface area contributed by atoms with Crippen molar-refractivity contribution in [3.8, 4) is 5.75 Å². The highest BCUT2D eigenvalue weighted by atomic mass is 35.5. The summed E-state index contributed by atoms with van der Waals surface area (Å²) in [5.41, 5.74) is 1.23. The molecule has 0 saturated heterocycles. The van der Waals surface area contributed by atoms with E-state index in [2.05, 4.69) is 5.32 Å². The van der Waals surface area contributed by atoms with Crippen LogP contribution < -0.4 is 10.1 Å². The molecule has 0 bridgehead atoms. The molecule has 32 heavy (non-hydrogen) atoms. The molecular formula is C23H16Cl2F2N2O3. The van der Waals surface area contributed by atoms with Gasteiger partial charge in [-0.1, -0.05) is 35.3 Å². The molecule has 5 nitrogen and oxygen atoms in total. The van der Waals surface area contributed by atoms with Gasteiger partial charge in [0.25, 0.3) is 5.91 Å². The zero-order valence-electron chi connectivity index (χ0n) is 16.4. The van der Waals surface area contributed by atoms with Gasteiger partial charge in [0, 0.05) is 16.3 Å². The number of hydrogen-bond donors (Lipinski definition) is 1. The second kappa shape index (κ2) is 9.14. The van der Waals surface area contributed by atoms with Crippen LogP contribution in [0.2, 0.25) is 10.0 Å². The zero-order chi connectivity index (χ0) is 22.8. The van der Waals surface area contributed by atoms with E-state index in [4.69, 9.17) is 27.9 Å². The number of rotatable bonds is 4. The molecule has 0 fully saturated rings. The highest BCUT2D eigenvalue weighted by Gasteiger charge is 2.34. The Morgan fingerprint density at radius 1 is 1.03 bits per heavy atom. The number of hydrogen-bond acceptors (Lipinski definition) is 3. The fraction of sp³-hybridized carbons (Fsp3) is 0.130. The molecular weight excluding hydrogens is 461 g/mol. The predicted octanol–water partition coefficient (Wildman–Crippen LogP) is 5.22. The maximum Gasteiger partial charge on any atom is 0.261 e. The fourth-order valence-electron chi connectivity index (χ4n) is 3.53. The quantitative estimate of drug-likeness (QED) is 0.561. The smallest absolute Gasteiger partial charge is 0.261 e. The molecule has 1 atom stereocenters. The van der Waals surface area contributed by atoms with E-state index in [1.165, 1.54) is 59.5 Å². The van der Waals surface area contributed by atoms with Crippen LogP contribution in [0.1, 0.15) is 17.2 Å². The molecule has 0 aliphatic carbocycles. The maximum absolute atomic E-state index is 14.1. The van der Waals surface area contributed by atoms with Crippen molar-refractivity contribution in [2.75, 3.05) is 18.5 Å². The molecule has 1 heterocycles. The number of nitrogens with zero attached hydrogens (tertiary/aromatic N) is 1. The lowest BCUT2D eigenvalue weighted by Gasteiger charge is -2.30. The lowest BCUT2D eigenvalue weighted by atomic mass is 9.95. The number of benzene rings is 3. The van der Waals surface area contributed by atoms with E-state index in [1.807, 2.05) is 0 Å². The molecule has 4 rings (SSSR count). The number of carbonyl (C=O) groups is 2. The van der Waals surface area contributed by atoms with Crippen LogP contribution in [-0.4, -0.2) is 29.9 Å². The van der Waals surface area contributed by atoms with Gasteiger partial charge in [0.05, 0.1) is 11.1 Å². The minimum atomic E-state index is -0.850. The van der Waals surface area contributed by atoms with Gasteiger partial charge in [0.2, 0.25) is 5.91 Å². The second-order valence-electron chi connectivity index (χ2n) is 7.12. The Morgan fingerprint density at radius 3 is 2.47 bits per heavy atom. The highest BCUT2D eigenvalue weighted by Crippen LogP contribution is 2.36. The first-order valence-electron chi connectivity index (χ1n) is 9.54. The van der Waals surface area contributed by atoms with Gasteiger partial charge >= 0.3 is 0 Å². The number of nitrogens with one attached hydrogen (secondary N) is 1. The molecule has 0 spiro atoms. The minimum absolute atomic E-state index is 0.224. The van der Waals surface area contributed by atoms with E-state index in [9.17, 15) is 18.4 Å². The number of carbonyl (C=O) groups excluding carboxylic acids is 2. The molecule has 1 aliphatic heterocycles. The topological polar surface area (TPSA) is 58.6 Å². The Kier molecular flexibility index (Phi) is 6.30. The molecule has 3 aromatic carbocycles. The number of amides is 2. The summed E-state index contributed by atoms with van der Waals surface area (Å²) in [4.78, 5) is 26.9.